The molecule has 0 unspecified atom stereocenters. The van der Waals surface area contributed by atoms with Crippen LogP contribution < -0.4 is 21.7 Å². The molecule has 6 rings (SSSR count). The Balaban J connectivity index is 0.00000212. The number of aromatic nitrogens is 4. The average molecular weight is 643 g/mol. The molecule has 2 aliphatic carbocycles. The molecule has 1 aromatic carbocycles. The van der Waals surface area contributed by atoms with Gasteiger partial charge in [0, 0.05) is 43.3 Å². The van der Waals surface area contributed by atoms with Crippen molar-refractivity contribution in [3.63, 3.8) is 0 Å². The van der Waals surface area contributed by atoms with E-state index in [4.69, 9.17) is 25.5 Å². The first-order valence-electron chi connectivity index (χ1n) is 14.6. The van der Waals surface area contributed by atoms with E-state index in [0.717, 1.165) is 61.8 Å². The molecule has 3 aliphatic rings. The Morgan fingerprint density at radius 1 is 0.930 bits per heavy atom. The summed E-state index contributed by atoms with van der Waals surface area (Å²) in [7, 11) is 0. The number of halogens is 4. The molecular weight excluding hydrogens is 603 g/mol. The van der Waals surface area contributed by atoms with E-state index in [0.29, 0.717) is 49.8 Å². The standard InChI is InChI=1S/C28H37F2N9O2.2ClH/c29-17-5-10-23(22(30)15-17)35-28(40)41-38-13-11-20(12-14-38)33-25-24-26(39(16-32-24)21-3-1-2-4-21)37-27(36-25)34-19-8-6-18(31)7-9-19;;/h5,10,15-16,18-21H,1-4,6-9,11-14,31H2,(H,35,40)(H2,33,34,36,37);2*1H. The van der Waals surface area contributed by atoms with Gasteiger partial charge in [-0.15, -0.1) is 29.9 Å². The first-order valence-corrected chi connectivity index (χ1v) is 14.6. The quantitative estimate of drug-likeness (QED) is 0.253. The molecule has 0 spiro atoms. The Morgan fingerprint density at radius 2 is 1.63 bits per heavy atom. The second kappa shape index (κ2) is 14.7. The number of rotatable bonds is 7. The minimum absolute atomic E-state index is 0. The van der Waals surface area contributed by atoms with Crippen LogP contribution in [-0.2, 0) is 4.84 Å². The van der Waals surface area contributed by atoms with E-state index in [2.05, 4.69) is 20.5 Å². The van der Waals surface area contributed by atoms with Gasteiger partial charge in [-0.05, 0) is 63.5 Å². The molecule has 2 saturated carbocycles. The van der Waals surface area contributed by atoms with E-state index in [9.17, 15) is 13.6 Å². The molecule has 236 valence electrons. The lowest BCUT2D eigenvalue weighted by Crippen LogP contribution is -2.41. The Bertz CT molecular complexity index is 1380. The zero-order valence-corrected chi connectivity index (χ0v) is 25.4. The second-order valence-corrected chi connectivity index (χ2v) is 11.4. The monoisotopic (exact) mass is 641 g/mol. The predicted molar refractivity (Wildman–Crippen MR) is 166 cm³/mol. The third kappa shape index (κ3) is 7.94. The number of anilines is 3. The molecule has 1 aliphatic heterocycles. The highest BCUT2D eigenvalue weighted by Gasteiger charge is 2.27. The van der Waals surface area contributed by atoms with Gasteiger partial charge < -0.3 is 25.8 Å². The molecule has 0 atom stereocenters. The molecule has 1 saturated heterocycles. The molecule has 2 aromatic heterocycles. The summed E-state index contributed by atoms with van der Waals surface area (Å²) >= 11 is 0. The third-order valence-corrected chi connectivity index (χ3v) is 8.42. The Hall–Kier alpha value is -3.00. The van der Waals surface area contributed by atoms with Crippen LogP contribution >= 0.6 is 24.8 Å². The summed E-state index contributed by atoms with van der Waals surface area (Å²) in [6.45, 7) is 0.963. The van der Waals surface area contributed by atoms with Gasteiger partial charge in [0.2, 0.25) is 5.95 Å². The number of benzene rings is 1. The molecule has 1 amide bonds. The molecule has 3 fully saturated rings. The molecular formula is C28H39Cl2F2N9O2. The Labute approximate surface area is 261 Å². The fraction of sp³-hybridized carbons (Fsp3) is 0.571. The summed E-state index contributed by atoms with van der Waals surface area (Å²) in [6, 6.07) is 3.98. The van der Waals surface area contributed by atoms with Crippen molar-refractivity contribution in [1.82, 2.24) is 24.6 Å². The topological polar surface area (TPSA) is 135 Å². The van der Waals surface area contributed by atoms with Gasteiger partial charge in [0.1, 0.15) is 11.6 Å². The summed E-state index contributed by atoms with van der Waals surface area (Å²) in [5.74, 6) is -0.280. The number of piperidine rings is 1. The van der Waals surface area contributed by atoms with Gasteiger partial charge in [-0.3, -0.25) is 5.32 Å². The first kappa shape index (κ1) is 32.9. The minimum atomic E-state index is -0.864. The van der Waals surface area contributed by atoms with E-state index in [1.807, 2.05) is 6.33 Å². The lowest BCUT2D eigenvalue weighted by Gasteiger charge is -2.31. The largest absolute Gasteiger partial charge is 0.430 e. The number of nitrogens with zero attached hydrogens (tertiary/aromatic N) is 5. The van der Waals surface area contributed by atoms with Crippen LogP contribution in [0.4, 0.5) is 31.0 Å². The third-order valence-electron chi connectivity index (χ3n) is 8.42. The van der Waals surface area contributed by atoms with Crippen molar-refractivity contribution in [1.29, 1.82) is 0 Å². The van der Waals surface area contributed by atoms with Gasteiger partial charge in [0.25, 0.3) is 0 Å². The molecule has 11 nitrogen and oxygen atoms in total. The highest BCUT2D eigenvalue weighted by Crippen LogP contribution is 2.34. The lowest BCUT2D eigenvalue weighted by molar-refractivity contribution is -0.107. The smallest absolute Gasteiger partial charge is 0.365 e. The maximum Gasteiger partial charge on any atom is 0.430 e. The van der Waals surface area contributed by atoms with E-state index >= 15 is 0 Å². The Morgan fingerprint density at radius 3 is 2.33 bits per heavy atom. The fourth-order valence-corrected chi connectivity index (χ4v) is 6.10. The number of carbonyl (C=O) groups is 1. The van der Waals surface area contributed by atoms with E-state index < -0.39 is 17.7 Å². The highest BCUT2D eigenvalue weighted by atomic mass is 35.5. The van der Waals surface area contributed by atoms with E-state index in [1.54, 1.807) is 5.06 Å². The zero-order valence-electron chi connectivity index (χ0n) is 23.8. The molecule has 3 heterocycles. The van der Waals surface area contributed by atoms with Crippen molar-refractivity contribution in [2.24, 2.45) is 5.73 Å². The van der Waals surface area contributed by atoms with Gasteiger partial charge in [-0.1, -0.05) is 12.8 Å². The van der Waals surface area contributed by atoms with Crippen molar-refractivity contribution in [3.8, 4) is 0 Å². The van der Waals surface area contributed by atoms with Gasteiger partial charge in [-0.2, -0.15) is 9.97 Å². The number of hydroxylamine groups is 2. The molecule has 3 aromatic rings. The summed E-state index contributed by atoms with van der Waals surface area (Å²) in [4.78, 5) is 32.1. The maximum atomic E-state index is 13.9. The highest BCUT2D eigenvalue weighted by molar-refractivity contribution is 5.86. The minimum Gasteiger partial charge on any atom is -0.365 e. The fourth-order valence-electron chi connectivity index (χ4n) is 6.10. The van der Waals surface area contributed by atoms with Crippen LogP contribution in [0.1, 0.15) is 70.3 Å². The maximum absolute atomic E-state index is 13.9. The zero-order chi connectivity index (χ0) is 28.3. The normalized spacial score (nSPS) is 21.6. The van der Waals surface area contributed by atoms with Crippen LogP contribution in [0.5, 0.6) is 0 Å². The number of hydrogen-bond donors (Lipinski definition) is 4. The van der Waals surface area contributed by atoms with Gasteiger partial charge in [0.15, 0.2) is 17.0 Å². The van der Waals surface area contributed by atoms with Crippen LogP contribution in [-0.4, -0.2) is 61.9 Å². The first-order chi connectivity index (χ1) is 19.9. The van der Waals surface area contributed by atoms with Gasteiger partial charge >= 0.3 is 6.09 Å². The van der Waals surface area contributed by atoms with E-state index in [-0.39, 0.29) is 48.6 Å². The van der Waals surface area contributed by atoms with Crippen molar-refractivity contribution in [2.75, 3.05) is 29.0 Å². The molecule has 0 bridgehead atoms. The number of carbonyl (C=O) groups excluding carboxylic acids is 1. The number of amides is 1. The molecule has 15 heteroatoms. The van der Waals surface area contributed by atoms with Crippen LogP contribution in [0.3, 0.4) is 0 Å². The van der Waals surface area contributed by atoms with Crippen molar-refractivity contribution in [3.05, 3.63) is 36.2 Å². The number of fused-ring (bicyclic) bond motifs is 1. The van der Waals surface area contributed by atoms with Gasteiger partial charge in [0.05, 0.1) is 12.0 Å². The van der Waals surface area contributed by atoms with Crippen LogP contribution in [0.25, 0.3) is 11.2 Å². The van der Waals surface area contributed by atoms with Crippen LogP contribution in [0.2, 0.25) is 0 Å². The number of hydrogen-bond acceptors (Lipinski definition) is 9. The van der Waals surface area contributed by atoms with Crippen LogP contribution in [0, 0.1) is 11.6 Å². The summed E-state index contributed by atoms with van der Waals surface area (Å²) in [5, 5.41) is 11.0. The molecule has 0 radical (unpaired) electrons. The summed E-state index contributed by atoms with van der Waals surface area (Å²) in [5.41, 5.74) is 7.57. The average Bonchev–Trinajstić information content (AvgIpc) is 3.63. The molecule has 5 N–H and O–H groups in total. The van der Waals surface area contributed by atoms with Gasteiger partial charge in [-0.25, -0.2) is 18.6 Å². The number of imidazole rings is 1. The SMILES string of the molecule is Cl.Cl.NC1CCC(Nc2nc(NC3CCN(OC(=O)Nc4ccc(F)cc4F)CC3)c3ncn(C4CCCC4)c3n2)CC1. The second-order valence-electron chi connectivity index (χ2n) is 11.4. The Kier molecular flexibility index (Phi) is 11.2. The summed E-state index contributed by atoms with van der Waals surface area (Å²) < 4.78 is 29.2. The lowest BCUT2D eigenvalue weighted by atomic mass is 9.92. The van der Waals surface area contributed by atoms with E-state index in [1.165, 1.54) is 12.8 Å². The number of nitrogens with two attached hydrogens (primary N) is 1. The van der Waals surface area contributed by atoms with Crippen molar-refractivity contribution >= 4 is 59.5 Å². The predicted octanol–water partition coefficient (Wildman–Crippen LogP) is 5.79. The van der Waals surface area contributed by atoms with Crippen LogP contribution in [0.15, 0.2) is 24.5 Å². The molecule has 43 heavy (non-hydrogen) atoms. The van der Waals surface area contributed by atoms with Crippen molar-refractivity contribution in [2.45, 2.75) is 88.4 Å². The van der Waals surface area contributed by atoms with Crippen molar-refractivity contribution < 1.29 is 18.4 Å². The summed E-state index contributed by atoms with van der Waals surface area (Å²) in [6.07, 6.45) is 11.1. The number of nitrogens with one attached hydrogen (secondary N) is 3.